The van der Waals surface area contributed by atoms with Gasteiger partial charge in [0.1, 0.15) is 12.1 Å². The molecule has 0 aliphatic carbocycles. The number of anilines is 1. The predicted molar refractivity (Wildman–Crippen MR) is 162 cm³/mol. The monoisotopic (exact) mass is 568 g/mol. The summed E-state index contributed by atoms with van der Waals surface area (Å²) < 4.78 is 0. The Labute approximate surface area is 244 Å². The zero-order valence-electron chi connectivity index (χ0n) is 22.9. The van der Waals surface area contributed by atoms with Crippen LogP contribution in [-0.2, 0) is 27.2 Å². The van der Waals surface area contributed by atoms with Crippen LogP contribution in [0.4, 0.5) is 5.69 Å². The van der Waals surface area contributed by atoms with E-state index in [0.29, 0.717) is 22.7 Å². The van der Waals surface area contributed by atoms with E-state index in [-0.39, 0.29) is 37.2 Å². The maximum absolute atomic E-state index is 14.5. The molecule has 0 radical (unpaired) electrons. The molecule has 1 aliphatic heterocycles. The summed E-state index contributed by atoms with van der Waals surface area (Å²) in [7, 11) is 0. The molecule has 4 N–H and O–H groups in total. The van der Waals surface area contributed by atoms with Crippen molar-refractivity contribution in [3.63, 3.8) is 0 Å². The van der Waals surface area contributed by atoms with Gasteiger partial charge in [-0.2, -0.15) is 0 Å². The van der Waals surface area contributed by atoms with Crippen molar-refractivity contribution in [2.75, 3.05) is 12.3 Å². The number of amides is 3. The zero-order valence-corrected chi connectivity index (χ0v) is 23.6. The molecular weight excluding hydrogens is 536 g/mol. The molecule has 0 saturated carbocycles. The summed E-state index contributed by atoms with van der Waals surface area (Å²) in [5.74, 6) is -1.17. The molecule has 1 saturated heterocycles. The third kappa shape index (κ3) is 6.05. The number of nitrogen functional groups attached to an aromatic ring is 1. The van der Waals surface area contributed by atoms with Crippen molar-refractivity contribution in [1.82, 2.24) is 9.80 Å². The first-order valence-electron chi connectivity index (χ1n) is 13.7. The molecule has 0 aromatic heterocycles. The molecule has 8 heteroatoms. The van der Waals surface area contributed by atoms with Crippen molar-refractivity contribution in [2.24, 2.45) is 5.73 Å². The smallest absolute Gasteiger partial charge is 0.250 e. The number of carbonyl (C=O) groups excluding carboxylic acids is 3. The maximum Gasteiger partial charge on any atom is 0.250 e. The van der Waals surface area contributed by atoms with Crippen LogP contribution in [-0.4, -0.2) is 46.1 Å². The molecule has 0 bridgehead atoms. The highest BCUT2D eigenvalue weighted by molar-refractivity contribution is 6.30. The second kappa shape index (κ2) is 12.0. The summed E-state index contributed by atoms with van der Waals surface area (Å²) in [6.07, 6.45) is 0.816. The lowest BCUT2D eigenvalue weighted by Crippen LogP contribution is -2.52. The van der Waals surface area contributed by atoms with E-state index in [1.54, 1.807) is 52.3 Å². The van der Waals surface area contributed by atoms with E-state index in [0.717, 1.165) is 21.9 Å². The highest BCUT2D eigenvalue weighted by atomic mass is 35.5. The number of hydrogen-bond donors (Lipinski definition) is 2. The number of rotatable bonds is 7. The molecule has 41 heavy (non-hydrogen) atoms. The van der Waals surface area contributed by atoms with E-state index in [1.807, 2.05) is 55.5 Å². The number of hydrogen-bond acceptors (Lipinski definition) is 4. The van der Waals surface area contributed by atoms with Crippen LogP contribution in [0.3, 0.4) is 0 Å². The van der Waals surface area contributed by atoms with Gasteiger partial charge < -0.3 is 21.3 Å². The molecule has 3 atom stereocenters. The van der Waals surface area contributed by atoms with Crippen molar-refractivity contribution in [3.8, 4) is 0 Å². The number of nitrogens with zero attached hydrogens (tertiary/aromatic N) is 2. The molecule has 7 nitrogen and oxygen atoms in total. The predicted octanol–water partition coefficient (Wildman–Crippen LogP) is 4.91. The molecule has 0 spiro atoms. The Kier molecular flexibility index (Phi) is 8.26. The van der Waals surface area contributed by atoms with Gasteiger partial charge in [-0.15, -0.1) is 0 Å². The van der Waals surface area contributed by atoms with Crippen LogP contribution in [0, 0.1) is 0 Å². The van der Waals surface area contributed by atoms with Crippen LogP contribution < -0.4 is 11.5 Å². The van der Waals surface area contributed by atoms with Gasteiger partial charge in [-0.3, -0.25) is 14.4 Å². The fraction of sp³-hybridized carbons (Fsp3) is 0.242. The van der Waals surface area contributed by atoms with E-state index in [4.69, 9.17) is 23.1 Å². The molecule has 5 rings (SSSR count). The molecule has 1 heterocycles. The molecular formula is C33H33ClN4O3. The molecule has 4 aromatic rings. The summed E-state index contributed by atoms with van der Waals surface area (Å²) in [4.78, 5) is 44.5. The standard InChI is InChI=1S/C33H33ClN4O3/c1-21-15-16-37(29(32(36)40)20-24-10-5-9-23-8-2-3-14-28(23)24)33(41)31(25-11-6-12-26(34)19-25)38(21)30(39)18-22-7-4-13-27(35)17-22/h2-14,17,19,21,29,31H,15-16,18,20,35H2,1H3,(H2,36,40)/t21-,29-,31+/m1/s1. The Bertz CT molecular complexity index is 1600. The van der Waals surface area contributed by atoms with Gasteiger partial charge in [0.05, 0.1) is 6.42 Å². The van der Waals surface area contributed by atoms with Crippen molar-refractivity contribution < 1.29 is 14.4 Å². The fourth-order valence-electron chi connectivity index (χ4n) is 5.80. The lowest BCUT2D eigenvalue weighted by molar-refractivity contribution is -0.148. The number of carbonyl (C=O) groups is 3. The Morgan fingerprint density at radius 1 is 0.976 bits per heavy atom. The van der Waals surface area contributed by atoms with Crippen molar-refractivity contribution in [1.29, 1.82) is 0 Å². The van der Waals surface area contributed by atoms with Gasteiger partial charge >= 0.3 is 0 Å². The highest BCUT2D eigenvalue weighted by Gasteiger charge is 2.43. The third-order valence-electron chi connectivity index (χ3n) is 7.81. The van der Waals surface area contributed by atoms with Gasteiger partial charge in [0.25, 0.3) is 5.91 Å². The van der Waals surface area contributed by atoms with Crippen LogP contribution in [0.15, 0.2) is 91.0 Å². The number of halogens is 1. The van der Waals surface area contributed by atoms with Crippen molar-refractivity contribution in [3.05, 3.63) is 113 Å². The molecule has 3 amide bonds. The summed E-state index contributed by atoms with van der Waals surface area (Å²) >= 11 is 6.36. The summed E-state index contributed by atoms with van der Waals surface area (Å²) in [6, 6.07) is 25.8. The van der Waals surface area contributed by atoms with Crippen LogP contribution >= 0.6 is 11.6 Å². The van der Waals surface area contributed by atoms with Crippen LogP contribution in [0.2, 0.25) is 5.02 Å². The molecule has 4 aromatic carbocycles. The topological polar surface area (TPSA) is 110 Å². The van der Waals surface area contributed by atoms with Crippen molar-refractivity contribution >= 4 is 45.8 Å². The second-order valence-corrected chi connectivity index (χ2v) is 11.0. The highest BCUT2D eigenvalue weighted by Crippen LogP contribution is 2.33. The van der Waals surface area contributed by atoms with E-state index in [9.17, 15) is 14.4 Å². The third-order valence-corrected chi connectivity index (χ3v) is 8.05. The first-order valence-corrected chi connectivity index (χ1v) is 14.1. The van der Waals surface area contributed by atoms with Gasteiger partial charge in [-0.1, -0.05) is 78.3 Å². The molecule has 210 valence electrons. The van der Waals surface area contributed by atoms with Crippen LogP contribution in [0.25, 0.3) is 10.8 Å². The van der Waals surface area contributed by atoms with E-state index in [2.05, 4.69) is 0 Å². The van der Waals surface area contributed by atoms with E-state index in [1.165, 1.54) is 0 Å². The van der Waals surface area contributed by atoms with E-state index >= 15 is 0 Å². The largest absolute Gasteiger partial charge is 0.399 e. The first-order chi connectivity index (χ1) is 19.7. The van der Waals surface area contributed by atoms with E-state index < -0.39 is 18.0 Å². The SMILES string of the molecule is C[C@@H]1CCN([C@H](Cc2cccc3ccccc23)C(N)=O)C(=O)[C@H](c2cccc(Cl)c2)N1C(=O)Cc1cccc(N)c1. The van der Waals surface area contributed by atoms with Gasteiger partial charge in [0, 0.05) is 29.7 Å². The number of nitrogens with two attached hydrogens (primary N) is 2. The maximum atomic E-state index is 14.5. The normalized spacial score (nSPS) is 18.2. The number of benzene rings is 4. The molecule has 1 aliphatic rings. The number of fused-ring (bicyclic) bond motifs is 1. The summed E-state index contributed by atoms with van der Waals surface area (Å²) in [6.45, 7) is 2.20. The minimum Gasteiger partial charge on any atom is -0.399 e. The Morgan fingerprint density at radius 3 is 2.46 bits per heavy atom. The van der Waals surface area contributed by atoms with Gasteiger partial charge in [0.15, 0.2) is 0 Å². The first kappa shape index (κ1) is 28.2. The number of primary amides is 1. The zero-order chi connectivity index (χ0) is 29.1. The fourth-order valence-corrected chi connectivity index (χ4v) is 6.00. The quantitative estimate of drug-likeness (QED) is 0.309. The Hall–Kier alpha value is -4.36. The van der Waals surface area contributed by atoms with Crippen LogP contribution in [0.5, 0.6) is 0 Å². The lowest BCUT2D eigenvalue weighted by Gasteiger charge is -2.36. The Balaban J connectivity index is 1.54. The average molecular weight is 569 g/mol. The van der Waals surface area contributed by atoms with Gasteiger partial charge in [-0.25, -0.2) is 0 Å². The lowest BCUT2D eigenvalue weighted by atomic mass is 9.96. The molecule has 1 fully saturated rings. The minimum absolute atomic E-state index is 0.0784. The molecule has 0 unspecified atom stereocenters. The second-order valence-electron chi connectivity index (χ2n) is 10.6. The van der Waals surface area contributed by atoms with Gasteiger partial charge in [-0.05, 0) is 65.1 Å². The average Bonchev–Trinajstić information content (AvgIpc) is 3.07. The minimum atomic E-state index is -0.978. The van der Waals surface area contributed by atoms with Crippen molar-refractivity contribution in [2.45, 2.75) is 44.3 Å². The summed E-state index contributed by atoms with van der Waals surface area (Å²) in [5.41, 5.74) is 14.8. The van der Waals surface area contributed by atoms with Gasteiger partial charge in [0.2, 0.25) is 11.8 Å². The summed E-state index contributed by atoms with van der Waals surface area (Å²) in [5, 5.41) is 2.49. The Morgan fingerprint density at radius 2 is 1.71 bits per heavy atom. The van der Waals surface area contributed by atoms with Crippen LogP contribution in [0.1, 0.15) is 36.1 Å².